The SMILES string of the molecule is CN=C(NCCCNc1ccccc1)NCC1CCCN(C)C1c1cccs1.I. The van der Waals surface area contributed by atoms with Gasteiger partial charge in [-0.05, 0) is 62.4 Å². The zero-order chi connectivity index (χ0) is 19.6. The molecule has 1 saturated heterocycles. The Bertz CT molecular complexity index is 707. The summed E-state index contributed by atoms with van der Waals surface area (Å²) in [6.07, 6.45) is 3.57. The summed E-state index contributed by atoms with van der Waals surface area (Å²) in [7, 11) is 4.10. The number of nitrogens with one attached hydrogen (secondary N) is 3. The van der Waals surface area contributed by atoms with E-state index in [1.807, 2.05) is 24.5 Å². The fourth-order valence-corrected chi connectivity index (χ4v) is 4.90. The van der Waals surface area contributed by atoms with E-state index in [1.165, 1.54) is 30.0 Å². The van der Waals surface area contributed by atoms with Gasteiger partial charge in [0.1, 0.15) is 0 Å². The molecule has 160 valence electrons. The zero-order valence-corrected chi connectivity index (χ0v) is 20.6. The molecule has 0 spiro atoms. The minimum atomic E-state index is 0. The number of rotatable bonds is 8. The molecule has 0 saturated carbocycles. The summed E-state index contributed by atoms with van der Waals surface area (Å²) in [5, 5.41) is 12.6. The van der Waals surface area contributed by atoms with E-state index in [1.54, 1.807) is 0 Å². The van der Waals surface area contributed by atoms with Crippen molar-refractivity contribution in [1.29, 1.82) is 0 Å². The molecular formula is C22H34IN5S. The first-order valence-electron chi connectivity index (χ1n) is 10.2. The minimum Gasteiger partial charge on any atom is -0.385 e. The molecule has 7 heteroatoms. The van der Waals surface area contributed by atoms with E-state index in [4.69, 9.17) is 0 Å². The van der Waals surface area contributed by atoms with Gasteiger partial charge in [-0.15, -0.1) is 35.3 Å². The Morgan fingerprint density at radius 1 is 1.14 bits per heavy atom. The summed E-state index contributed by atoms with van der Waals surface area (Å²) in [6, 6.07) is 15.3. The fraction of sp³-hybridized carbons (Fsp3) is 0.500. The molecule has 2 heterocycles. The average molecular weight is 528 g/mol. The Morgan fingerprint density at radius 2 is 1.97 bits per heavy atom. The van der Waals surface area contributed by atoms with Gasteiger partial charge in [-0.25, -0.2) is 0 Å². The number of aliphatic imine (C=N–C) groups is 1. The van der Waals surface area contributed by atoms with Crippen LogP contribution in [0.5, 0.6) is 0 Å². The predicted octanol–water partition coefficient (Wildman–Crippen LogP) is 4.42. The van der Waals surface area contributed by atoms with Gasteiger partial charge in [0.15, 0.2) is 5.96 Å². The standard InChI is InChI=1S/C22H33N5S.HI/c1-23-22(25-14-8-13-24-19-10-4-3-5-11-19)26-17-18-9-6-15-27(2)21(18)20-12-7-16-28-20;/h3-5,7,10-12,16,18,21,24H,6,8-9,13-15,17H2,1-2H3,(H2,23,25,26);1H. The van der Waals surface area contributed by atoms with Crippen molar-refractivity contribution in [3.63, 3.8) is 0 Å². The van der Waals surface area contributed by atoms with Gasteiger partial charge in [-0.1, -0.05) is 24.3 Å². The van der Waals surface area contributed by atoms with Crippen molar-refractivity contribution in [3.05, 3.63) is 52.7 Å². The Morgan fingerprint density at radius 3 is 2.69 bits per heavy atom. The third-order valence-corrected chi connectivity index (χ3v) is 6.29. The highest BCUT2D eigenvalue weighted by Gasteiger charge is 2.31. The number of halogens is 1. The molecule has 0 amide bonds. The van der Waals surface area contributed by atoms with Gasteiger partial charge in [0.2, 0.25) is 0 Å². The van der Waals surface area contributed by atoms with E-state index in [0.29, 0.717) is 12.0 Å². The lowest BCUT2D eigenvalue weighted by atomic mass is 9.88. The molecule has 3 rings (SSSR count). The van der Waals surface area contributed by atoms with Gasteiger partial charge in [-0.2, -0.15) is 0 Å². The van der Waals surface area contributed by atoms with Crippen LogP contribution in [0.3, 0.4) is 0 Å². The topological polar surface area (TPSA) is 51.7 Å². The lowest BCUT2D eigenvalue weighted by Gasteiger charge is -2.39. The van der Waals surface area contributed by atoms with Crippen molar-refractivity contribution in [1.82, 2.24) is 15.5 Å². The number of nitrogens with zero attached hydrogens (tertiary/aromatic N) is 2. The van der Waals surface area contributed by atoms with Crippen LogP contribution in [-0.2, 0) is 0 Å². The molecule has 2 atom stereocenters. The van der Waals surface area contributed by atoms with Crippen LogP contribution < -0.4 is 16.0 Å². The number of anilines is 1. The second-order valence-electron chi connectivity index (χ2n) is 7.37. The molecule has 2 aromatic rings. The van der Waals surface area contributed by atoms with Crippen LogP contribution in [0.2, 0.25) is 0 Å². The molecular weight excluding hydrogens is 493 g/mol. The first kappa shape index (κ1) is 24.0. The fourth-order valence-electron chi connectivity index (χ4n) is 3.91. The Labute approximate surface area is 196 Å². The maximum absolute atomic E-state index is 4.40. The van der Waals surface area contributed by atoms with Crippen LogP contribution in [0.15, 0.2) is 52.8 Å². The smallest absolute Gasteiger partial charge is 0.190 e. The van der Waals surface area contributed by atoms with E-state index >= 15 is 0 Å². The molecule has 1 aromatic heterocycles. The van der Waals surface area contributed by atoms with Crippen molar-refractivity contribution < 1.29 is 0 Å². The quantitative estimate of drug-likeness (QED) is 0.206. The van der Waals surface area contributed by atoms with Crippen LogP contribution in [0.25, 0.3) is 0 Å². The molecule has 2 unspecified atom stereocenters. The van der Waals surface area contributed by atoms with Gasteiger partial charge < -0.3 is 16.0 Å². The molecule has 29 heavy (non-hydrogen) atoms. The summed E-state index contributed by atoms with van der Waals surface area (Å²) in [6.45, 7) is 3.98. The number of hydrogen-bond donors (Lipinski definition) is 3. The Hall–Kier alpha value is -1.32. The van der Waals surface area contributed by atoms with Gasteiger partial charge in [0.25, 0.3) is 0 Å². The largest absolute Gasteiger partial charge is 0.385 e. The van der Waals surface area contributed by atoms with Crippen molar-refractivity contribution in [2.75, 3.05) is 45.6 Å². The summed E-state index contributed by atoms with van der Waals surface area (Å²) >= 11 is 1.87. The van der Waals surface area contributed by atoms with Gasteiger partial charge in [0.05, 0.1) is 0 Å². The second kappa shape index (κ2) is 13.1. The number of benzene rings is 1. The Balaban J connectivity index is 0.00000300. The van der Waals surface area contributed by atoms with Gasteiger partial charge in [0, 0.05) is 43.3 Å². The third-order valence-electron chi connectivity index (χ3n) is 5.35. The third kappa shape index (κ3) is 7.46. The Kier molecular flexibility index (Phi) is 10.8. The average Bonchev–Trinajstić information content (AvgIpc) is 3.25. The van der Waals surface area contributed by atoms with E-state index in [0.717, 1.165) is 32.0 Å². The molecule has 1 aliphatic rings. The molecule has 3 N–H and O–H groups in total. The van der Waals surface area contributed by atoms with Crippen LogP contribution in [0, 0.1) is 5.92 Å². The summed E-state index contributed by atoms with van der Waals surface area (Å²) in [4.78, 5) is 8.38. The summed E-state index contributed by atoms with van der Waals surface area (Å²) in [5.74, 6) is 1.51. The zero-order valence-electron chi connectivity index (χ0n) is 17.4. The number of hydrogen-bond acceptors (Lipinski definition) is 4. The number of thiophene rings is 1. The molecule has 1 fully saturated rings. The molecule has 5 nitrogen and oxygen atoms in total. The highest BCUT2D eigenvalue weighted by Crippen LogP contribution is 2.36. The van der Waals surface area contributed by atoms with Gasteiger partial charge >= 0.3 is 0 Å². The monoisotopic (exact) mass is 527 g/mol. The molecule has 0 aliphatic carbocycles. The van der Waals surface area contributed by atoms with Crippen molar-refractivity contribution in [2.45, 2.75) is 25.3 Å². The molecule has 1 aliphatic heterocycles. The highest BCUT2D eigenvalue weighted by molar-refractivity contribution is 14.0. The minimum absolute atomic E-state index is 0. The van der Waals surface area contributed by atoms with E-state index in [-0.39, 0.29) is 24.0 Å². The maximum Gasteiger partial charge on any atom is 0.190 e. The molecule has 1 aromatic carbocycles. The van der Waals surface area contributed by atoms with Crippen LogP contribution in [0.1, 0.15) is 30.2 Å². The van der Waals surface area contributed by atoms with E-state index in [9.17, 15) is 0 Å². The van der Waals surface area contributed by atoms with Crippen LogP contribution in [0.4, 0.5) is 5.69 Å². The number of guanidine groups is 1. The van der Waals surface area contributed by atoms with E-state index < -0.39 is 0 Å². The number of piperidine rings is 1. The first-order valence-corrected chi connectivity index (χ1v) is 11.1. The molecule has 0 radical (unpaired) electrons. The normalized spacial score (nSPS) is 20.0. The number of para-hydroxylation sites is 1. The van der Waals surface area contributed by atoms with Crippen molar-refractivity contribution >= 4 is 47.0 Å². The highest BCUT2D eigenvalue weighted by atomic mass is 127. The van der Waals surface area contributed by atoms with Crippen LogP contribution in [-0.4, -0.2) is 51.1 Å². The predicted molar refractivity (Wildman–Crippen MR) is 137 cm³/mol. The number of likely N-dealkylation sites (tertiary alicyclic amines) is 1. The lowest BCUT2D eigenvalue weighted by Crippen LogP contribution is -2.45. The van der Waals surface area contributed by atoms with Crippen molar-refractivity contribution in [2.24, 2.45) is 10.9 Å². The van der Waals surface area contributed by atoms with Crippen molar-refractivity contribution in [3.8, 4) is 0 Å². The van der Waals surface area contributed by atoms with Crippen LogP contribution >= 0.6 is 35.3 Å². The summed E-state index contributed by atoms with van der Waals surface area (Å²) < 4.78 is 0. The second-order valence-corrected chi connectivity index (χ2v) is 8.35. The first-order chi connectivity index (χ1) is 13.8. The van der Waals surface area contributed by atoms with Gasteiger partial charge in [-0.3, -0.25) is 9.89 Å². The maximum atomic E-state index is 4.40. The summed E-state index contributed by atoms with van der Waals surface area (Å²) in [5.41, 5.74) is 1.17. The van der Waals surface area contributed by atoms with E-state index in [2.05, 4.69) is 74.7 Å². The molecule has 0 bridgehead atoms. The lowest BCUT2D eigenvalue weighted by molar-refractivity contribution is 0.125.